The zero-order chi connectivity index (χ0) is 14.8. The van der Waals surface area contributed by atoms with Crippen molar-refractivity contribution < 1.29 is 28.5 Å². The molecule has 0 atom stereocenters. The van der Waals surface area contributed by atoms with Crippen molar-refractivity contribution in [2.75, 3.05) is 7.11 Å². The van der Waals surface area contributed by atoms with Gasteiger partial charge in [-0.1, -0.05) is 13.8 Å². The van der Waals surface area contributed by atoms with Crippen LogP contribution in [0.25, 0.3) is 0 Å². The van der Waals surface area contributed by atoms with Crippen molar-refractivity contribution in [2.45, 2.75) is 32.1 Å². The topological polar surface area (TPSA) is 66.8 Å². The van der Waals surface area contributed by atoms with Gasteiger partial charge in [0.15, 0.2) is 0 Å². The molecule has 1 rings (SSSR count). The Kier molecular flexibility index (Phi) is 4.34. The van der Waals surface area contributed by atoms with E-state index in [1.807, 2.05) is 0 Å². The number of phenols is 1. The summed E-state index contributed by atoms with van der Waals surface area (Å²) in [6.45, 7) is 3.12. The summed E-state index contributed by atoms with van der Waals surface area (Å²) < 4.78 is 30.6. The summed E-state index contributed by atoms with van der Waals surface area (Å²) in [4.78, 5) is 10.8. The average molecular weight is 274 g/mol. The number of ether oxygens (including phenoxy) is 1. The van der Waals surface area contributed by atoms with E-state index in [0.29, 0.717) is 0 Å². The molecule has 0 unspecified atom stereocenters. The van der Waals surface area contributed by atoms with Crippen molar-refractivity contribution in [3.05, 3.63) is 23.3 Å². The van der Waals surface area contributed by atoms with Crippen molar-refractivity contribution in [1.82, 2.24) is 0 Å². The number of carbonyl (C=O) groups is 1. The minimum absolute atomic E-state index is 0.129. The highest BCUT2D eigenvalue weighted by Crippen LogP contribution is 2.42. The molecule has 6 heteroatoms. The molecule has 4 nitrogen and oxygen atoms in total. The first-order valence-corrected chi connectivity index (χ1v) is 5.60. The zero-order valence-electron chi connectivity index (χ0n) is 10.9. The van der Waals surface area contributed by atoms with Crippen molar-refractivity contribution in [2.24, 2.45) is 0 Å². The third-order valence-corrected chi connectivity index (χ3v) is 2.91. The monoisotopic (exact) mass is 274 g/mol. The summed E-state index contributed by atoms with van der Waals surface area (Å²) in [7, 11) is 1.32. The predicted octanol–water partition coefficient (Wildman–Crippen LogP) is 3.09. The van der Waals surface area contributed by atoms with Gasteiger partial charge in [0.2, 0.25) is 0 Å². The summed E-state index contributed by atoms with van der Waals surface area (Å²) in [6, 6.07) is 2.42. The molecule has 2 N–H and O–H groups in total. The standard InChI is InChI=1S/C13H16F2O4/c1-13(2,6-10(16)17)9-5-7(19-3)4-8(11(9)18)12(14)15/h4-5,12,18H,6H2,1-3H3,(H,16,17). The van der Waals surface area contributed by atoms with E-state index >= 15 is 0 Å². The number of rotatable bonds is 5. The van der Waals surface area contributed by atoms with Crippen LogP contribution in [-0.4, -0.2) is 23.3 Å². The number of hydrogen-bond acceptors (Lipinski definition) is 3. The highest BCUT2D eigenvalue weighted by molar-refractivity contribution is 5.69. The Morgan fingerprint density at radius 3 is 2.42 bits per heavy atom. The van der Waals surface area contributed by atoms with Crippen LogP contribution in [0.5, 0.6) is 11.5 Å². The molecule has 0 saturated heterocycles. The lowest BCUT2D eigenvalue weighted by Gasteiger charge is -2.25. The number of hydrogen-bond donors (Lipinski definition) is 2. The highest BCUT2D eigenvalue weighted by atomic mass is 19.3. The van der Waals surface area contributed by atoms with E-state index in [2.05, 4.69) is 0 Å². The molecule has 0 aliphatic heterocycles. The molecular formula is C13H16F2O4. The first kappa shape index (κ1) is 15.2. The van der Waals surface area contributed by atoms with Crippen LogP contribution in [0.3, 0.4) is 0 Å². The van der Waals surface area contributed by atoms with Gasteiger partial charge in [0.25, 0.3) is 6.43 Å². The second-order valence-corrected chi connectivity index (χ2v) is 4.87. The Bertz CT molecular complexity index is 484. The van der Waals surface area contributed by atoms with Gasteiger partial charge in [0.05, 0.1) is 19.1 Å². The van der Waals surface area contributed by atoms with Gasteiger partial charge in [-0.2, -0.15) is 0 Å². The van der Waals surface area contributed by atoms with Gasteiger partial charge in [-0.25, -0.2) is 8.78 Å². The van der Waals surface area contributed by atoms with Crippen LogP contribution >= 0.6 is 0 Å². The van der Waals surface area contributed by atoms with Crippen LogP contribution < -0.4 is 4.74 Å². The van der Waals surface area contributed by atoms with Gasteiger partial charge in [-0.3, -0.25) is 4.79 Å². The molecule has 1 aromatic carbocycles. The lowest BCUT2D eigenvalue weighted by Crippen LogP contribution is -2.22. The third-order valence-electron chi connectivity index (χ3n) is 2.91. The van der Waals surface area contributed by atoms with Gasteiger partial charge in [0, 0.05) is 11.0 Å². The fourth-order valence-electron chi connectivity index (χ4n) is 1.90. The van der Waals surface area contributed by atoms with Gasteiger partial charge in [-0.15, -0.1) is 0 Å². The van der Waals surface area contributed by atoms with E-state index in [0.717, 1.165) is 6.07 Å². The molecule has 0 saturated carbocycles. The Balaban J connectivity index is 3.41. The van der Waals surface area contributed by atoms with Crippen molar-refractivity contribution in [1.29, 1.82) is 0 Å². The van der Waals surface area contributed by atoms with Gasteiger partial charge >= 0.3 is 5.97 Å². The SMILES string of the molecule is COc1cc(C(F)F)c(O)c(C(C)(C)CC(=O)O)c1. The van der Waals surface area contributed by atoms with E-state index in [1.54, 1.807) is 13.8 Å². The second-order valence-electron chi connectivity index (χ2n) is 4.87. The molecule has 19 heavy (non-hydrogen) atoms. The fraction of sp³-hybridized carbons (Fsp3) is 0.462. The van der Waals surface area contributed by atoms with Gasteiger partial charge in [-0.05, 0) is 12.1 Å². The Morgan fingerprint density at radius 2 is 2.00 bits per heavy atom. The third kappa shape index (κ3) is 3.33. The van der Waals surface area contributed by atoms with Crippen molar-refractivity contribution in [3.63, 3.8) is 0 Å². The molecule has 106 valence electrons. The number of methoxy groups -OCH3 is 1. The minimum Gasteiger partial charge on any atom is -0.507 e. The number of phenolic OH excluding ortho intramolecular Hbond substituents is 1. The summed E-state index contributed by atoms with van der Waals surface area (Å²) >= 11 is 0. The average Bonchev–Trinajstić information content (AvgIpc) is 2.26. The van der Waals surface area contributed by atoms with Crippen molar-refractivity contribution in [3.8, 4) is 11.5 Å². The number of alkyl halides is 2. The lowest BCUT2D eigenvalue weighted by atomic mass is 9.80. The van der Waals surface area contributed by atoms with Gasteiger partial charge in [0.1, 0.15) is 11.5 Å². The normalized spacial score (nSPS) is 11.7. The summed E-state index contributed by atoms with van der Waals surface area (Å²) in [6.07, 6.45) is -3.16. The molecule has 0 aliphatic rings. The molecular weight excluding hydrogens is 258 g/mol. The van der Waals surface area contributed by atoms with E-state index in [4.69, 9.17) is 9.84 Å². The Morgan fingerprint density at radius 1 is 1.42 bits per heavy atom. The van der Waals surface area contributed by atoms with Gasteiger partial charge < -0.3 is 14.9 Å². The molecule has 0 aromatic heterocycles. The van der Waals surface area contributed by atoms with E-state index in [9.17, 15) is 18.7 Å². The maximum atomic E-state index is 12.8. The van der Waals surface area contributed by atoms with Crippen LogP contribution in [0.4, 0.5) is 8.78 Å². The number of carboxylic acids is 1. The number of halogens is 2. The fourth-order valence-corrected chi connectivity index (χ4v) is 1.90. The maximum Gasteiger partial charge on any atom is 0.304 e. The molecule has 1 aromatic rings. The van der Waals surface area contributed by atoms with Crippen LogP contribution in [0.2, 0.25) is 0 Å². The molecule has 0 aliphatic carbocycles. The van der Waals surface area contributed by atoms with E-state index < -0.39 is 29.1 Å². The maximum absolute atomic E-state index is 12.8. The van der Waals surface area contributed by atoms with Crippen molar-refractivity contribution >= 4 is 5.97 Å². The summed E-state index contributed by atoms with van der Waals surface area (Å²) in [5.74, 6) is -1.51. The molecule has 0 heterocycles. The minimum atomic E-state index is -2.87. The molecule has 0 radical (unpaired) electrons. The van der Waals surface area contributed by atoms with Crippen LogP contribution in [0.1, 0.15) is 37.8 Å². The molecule has 0 spiro atoms. The first-order valence-electron chi connectivity index (χ1n) is 5.60. The number of aliphatic carboxylic acids is 1. The van der Waals surface area contributed by atoms with Crippen LogP contribution in [0, 0.1) is 0 Å². The highest BCUT2D eigenvalue weighted by Gasteiger charge is 2.30. The summed E-state index contributed by atoms with van der Waals surface area (Å²) in [5.41, 5.74) is -1.42. The number of aromatic hydroxyl groups is 1. The largest absolute Gasteiger partial charge is 0.507 e. The molecule has 0 fully saturated rings. The predicted molar refractivity (Wildman–Crippen MR) is 64.9 cm³/mol. The van der Waals surface area contributed by atoms with Crippen LogP contribution in [0.15, 0.2) is 12.1 Å². The second kappa shape index (κ2) is 5.42. The van der Waals surface area contributed by atoms with E-state index in [-0.39, 0.29) is 17.7 Å². The molecule has 0 bridgehead atoms. The Labute approximate surface area is 109 Å². The number of benzene rings is 1. The number of carboxylic acid groups (broad SMARTS) is 1. The quantitative estimate of drug-likeness (QED) is 0.865. The lowest BCUT2D eigenvalue weighted by molar-refractivity contribution is -0.138. The zero-order valence-corrected chi connectivity index (χ0v) is 10.9. The van der Waals surface area contributed by atoms with Crippen LogP contribution in [-0.2, 0) is 10.2 Å². The summed E-state index contributed by atoms with van der Waals surface area (Å²) in [5, 5.41) is 18.7. The van der Waals surface area contributed by atoms with E-state index in [1.165, 1.54) is 13.2 Å². The molecule has 0 amide bonds. The smallest absolute Gasteiger partial charge is 0.304 e. The Hall–Kier alpha value is -1.85. The first-order chi connectivity index (χ1) is 8.69.